The Morgan fingerprint density at radius 2 is 2.23 bits per heavy atom. The molecule has 1 aromatic rings. The molecule has 2 N–H and O–H groups in total. The lowest BCUT2D eigenvalue weighted by Crippen LogP contribution is -2.17. The van der Waals surface area contributed by atoms with Crippen molar-refractivity contribution >= 4 is 5.97 Å². The van der Waals surface area contributed by atoms with E-state index in [1.807, 2.05) is 0 Å². The first-order chi connectivity index (χ1) is 6.15. The number of aromatic nitrogens is 1. The van der Waals surface area contributed by atoms with Crippen LogP contribution in [0.3, 0.4) is 0 Å². The van der Waals surface area contributed by atoms with Crippen molar-refractivity contribution in [1.82, 2.24) is 4.98 Å². The van der Waals surface area contributed by atoms with E-state index in [1.165, 1.54) is 12.1 Å². The molecule has 0 aromatic carbocycles. The highest BCUT2D eigenvalue weighted by atomic mass is 16.4. The van der Waals surface area contributed by atoms with E-state index in [2.05, 4.69) is 16.8 Å². The average molecular weight is 177 g/mol. The van der Waals surface area contributed by atoms with Crippen LogP contribution < -0.4 is 5.56 Å². The van der Waals surface area contributed by atoms with Gasteiger partial charge in [-0.3, -0.25) is 4.79 Å². The van der Waals surface area contributed by atoms with Crippen LogP contribution in [0.4, 0.5) is 0 Å². The Hall–Kier alpha value is -2.02. The zero-order valence-corrected chi connectivity index (χ0v) is 6.92. The zero-order chi connectivity index (χ0) is 9.84. The first-order valence-corrected chi connectivity index (χ1v) is 3.54. The normalized spacial score (nSPS) is 8.69. The average Bonchev–Trinajstić information content (AvgIpc) is 2.04. The molecular weight excluding hydrogens is 170 g/mol. The van der Waals surface area contributed by atoms with Gasteiger partial charge in [-0.1, -0.05) is 5.92 Å². The van der Waals surface area contributed by atoms with Crippen LogP contribution in [0, 0.1) is 11.8 Å². The molecule has 0 bridgehead atoms. The lowest BCUT2D eigenvalue weighted by molar-refractivity contribution is 0.0695. The molecule has 0 saturated heterocycles. The van der Waals surface area contributed by atoms with Crippen molar-refractivity contribution in [2.45, 2.75) is 6.92 Å². The molecule has 1 heterocycles. The Bertz CT molecular complexity index is 448. The summed E-state index contributed by atoms with van der Waals surface area (Å²) in [7, 11) is 0. The van der Waals surface area contributed by atoms with Crippen LogP contribution in [-0.4, -0.2) is 16.1 Å². The van der Waals surface area contributed by atoms with Crippen LogP contribution in [0.5, 0.6) is 0 Å². The van der Waals surface area contributed by atoms with Crippen molar-refractivity contribution in [3.63, 3.8) is 0 Å². The van der Waals surface area contributed by atoms with E-state index < -0.39 is 11.5 Å². The number of rotatable bonds is 1. The quantitative estimate of drug-likeness (QED) is 0.611. The first-order valence-electron chi connectivity index (χ1n) is 3.54. The summed E-state index contributed by atoms with van der Waals surface area (Å²) in [6.07, 6.45) is 0. The van der Waals surface area contributed by atoms with Gasteiger partial charge < -0.3 is 10.1 Å². The van der Waals surface area contributed by atoms with Gasteiger partial charge in [0.1, 0.15) is 5.56 Å². The molecule has 0 unspecified atom stereocenters. The Labute approximate surface area is 74.2 Å². The Kier molecular flexibility index (Phi) is 2.50. The summed E-state index contributed by atoms with van der Waals surface area (Å²) in [5.41, 5.74) is -0.494. The Balaban J connectivity index is 3.26. The fraction of sp³-hybridized carbons (Fsp3) is 0.111. The third-order valence-electron chi connectivity index (χ3n) is 1.40. The molecule has 4 heteroatoms. The molecule has 1 rings (SSSR count). The number of nitrogens with one attached hydrogen (secondary N) is 1. The van der Waals surface area contributed by atoms with Gasteiger partial charge in [-0.05, 0) is 25.0 Å². The minimum Gasteiger partial charge on any atom is -0.477 e. The Morgan fingerprint density at radius 3 is 2.69 bits per heavy atom. The third-order valence-corrected chi connectivity index (χ3v) is 1.40. The van der Waals surface area contributed by atoms with E-state index in [-0.39, 0.29) is 5.56 Å². The molecule has 0 fully saturated rings. The van der Waals surface area contributed by atoms with Crippen molar-refractivity contribution in [3.8, 4) is 11.8 Å². The number of pyridine rings is 1. The fourth-order valence-electron chi connectivity index (χ4n) is 0.850. The first kappa shape index (κ1) is 9.07. The minimum atomic E-state index is -1.24. The summed E-state index contributed by atoms with van der Waals surface area (Å²) >= 11 is 0. The van der Waals surface area contributed by atoms with Crippen LogP contribution in [0.25, 0.3) is 0 Å². The van der Waals surface area contributed by atoms with E-state index in [0.717, 1.165) is 0 Å². The number of hydrogen-bond donors (Lipinski definition) is 2. The number of aromatic amines is 1. The molecule has 66 valence electrons. The van der Waals surface area contributed by atoms with Gasteiger partial charge in [0.15, 0.2) is 0 Å². The molecule has 0 amide bonds. The van der Waals surface area contributed by atoms with Crippen molar-refractivity contribution in [2.75, 3.05) is 0 Å². The molecule has 0 atom stereocenters. The molecule has 0 saturated carbocycles. The smallest absolute Gasteiger partial charge is 0.341 e. The van der Waals surface area contributed by atoms with Crippen molar-refractivity contribution < 1.29 is 9.90 Å². The molecular formula is C9H7NO3. The van der Waals surface area contributed by atoms with Gasteiger partial charge in [0.25, 0.3) is 5.56 Å². The largest absolute Gasteiger partial charge is 0.477 e. The van der Waals surface area contributed by atoms with Gasteiger partial charge in [0.2, 0.25) is 0 Å². The standard InChI is InChI=1S/C9H7NO3/c1-2-3-6-4-5-7(9(12)13)8(11)10-6/h4-5H,1H3,(H,10,11)(H,12,13). The minimum absolute atomic E-state index is 0.276. The zero-order valence-electron chi connectivity index (χ0n) is 6.92. The van der Waals surface area contributed by atoms with E-state index in [9.17, 15) is 9.59 Å². The summed E-state index contributed by atoms with van der Waals surface area (Å²) < 4.78 is 0. The molecule has 0 aliphatic carbocycles. The second-order valence-corrected chi connectivity index (χ2v) is 2.29. The number of carbonyl (C=O) groups is 1. The fourth-order valence-corrected chi connectivity index (χ4v) is 0.850. The summed E-state index contributed by atoms with van der Waals surface area (Å²) in [6.45, 7) is 1.63. The van der Waals surface area contributed by atoms with Gasteiger partial charge in [0.05, 0.1) is 5.69 Å². The molecule has 0 spiro atoms. The summed E-state index contributed by atoms with van der Waals surface area (Å²) in [5, 5.41) is 8.53. The van der Waals surface area contributed by atoms with Crippen LogP contribution in [0.2, 0.25) is 0 Å². The molecule has 0 aliphatic heterocycles. The van der Waals surface area contributed by atoms with Gasteiger partial charge in [-0.2, -0.15) is 0 Å². The van der Waals surface area contributed by atoms with Crippen molar-refractivity contribution in [2.24, 2.45) is 0 Å². The lowest BCUT2D eigenvalue weighted by atomic mass is 10.2. The SMILES string of the molecule is CC#Cc1ccc(C(=O)O)c(=O)[nH]1. The topological polar surface area (TPSA) is 70.2 Å². The van der Waals surface area contributed by atoms with E-state index in [1.54, 1.807) is 6.92 Å². The molecule has 13 heavy (non-hydrogen) atoms. The maximum atomic E-state index is 11.1. The summed E-state index contributed by atoms with van der Waals surface area (Å²) in [5.74, 6) is 3.97. The molecule has 1 aromatic heterocycles. The van der Waals surface area contributed by atoms with Gasteiger partial charge in [-0.15, -0.1) is 0 Å². The van der Waals surface area contributed by atoms with E-state index in [0.29, 0.717) is 5.69 Å². The van der Waals surface area contributed by atoms with E-state index in [4.69, 9.17) is 5.11 Å². The Morgan fingerprint density at radius 1 is 1.54 bits per heavy atom. The van der Waals surface area contributed by atoms with Crippen LogP contribution in [-0.2, 0) is 0 Å². The monoisotopic (exact) mass is 177 g/mol. The van der Waals surface area contributed by atoms with Gasteiger partial charge in [-0.25, -0.2) is 4.79 Å². The van der Waals surface area contributed by atoms with Crippen molar-refractivity contribution in [1.29, 1.82) is 0 Å². The summed E-state index contributed by atoms with van der Waals surface area (Å²) in [6, 6.07) is 2.70. The van der Waals surface area contributed by atoms with E-state index >= 15 is 0 Å². The van der Waals surface area contributed by atoms with Gasteiger partial charge >= 0.3 is 5.97 Å². The maximum absolute atomic E-state index is 11.1. The predicted octanol–water partition coefficient (Wildman–Crippen LogP) is 0.444. The third kappa shape index (κ3) is 1.97. The number of hydrogen-bond acceptors (Lipinski definition) is 2. The highest BCUT2D eigenvalue weighted by Crippen LogP contribution is 1.93. The van der Waals surface area contributed by atoms with Crippen LogP contribution >= 0.6 is 0 Å². The van der Waals surface area contributed by atoms with Crippen LogP contribution in [0.15, 0.2) is 16.9 Å². The highest BCUT2D eigenvalue weighted by molar-refractivity contribution is 5.87. The van der Waals surface area contributed by atoms with Gasteiger partial charge in [0, 0.05) is 0 Å². The number of carboxylic acid groups (broad SMARTS) is 1. The summed E-state index contributed by atoms with van der Waals surface area (Å²) in [4.78, 5) is 23.8. The maximum Gasteiger partial charge on any atom is 0.341 e. The predicted molar refractivity (Wildman–Crippen MR) is 46.6 cm³/mol. The number of carboxylic acids is 1. The van der Waals surface area contributed by atoms with Crippen molar-refractivity contribution in [3.05, 3.63) is 33.7 Å². The lowest BCUT2D eigenvalue weighted by Gasteiger charge is -1.93. The van der Waals surface area contributed by atoms with Crippen LogP contribution in [0.1, 0.15) is 23.0 Å². The number of H-pyrrole nitrogens is 1. The second-order valence-electron chi connectivity index (χ2n) is 2.29. The molecule has 0 radical (unpaired) electrons. The second kappa shape index (κ2) is 3.59. The number of aromatic carboxylic acids is 1. The molecule has 4 nitrogen and oxygen atoms in total. The molecule has 0 aliphatic rings. The highest BCUT2D eigenvalue weighted by Gasteiger charge is 2.06.